The van der Waals surface area contributed by atoms with Crippen molar-refractivity contribution in [2.45, 2.75) is 13.8 Å². The highest BCUT2D eigenvalue weighted by Crippen LogP contribution is 2.40. The Hall–Kier alpha value is -3.96. The molecule has 172 valence electrons. The van der Waals surface area contributed by atoms with Gasteiger partial charge in [-0.15, -0.1) is 0 Å². The second-order valence-corrected chi connectivity index (χ2v) is 9.27. The van der Waals surface area contributed by atoms with Gasteiger partial charge in [-0.1, -0.05) is 90.0 Å². The Labute approximate surface area is 213 Å². The van der Waals surface area contributed by atoms with Crippen molar-refractivity contribution in [3.8, 4) is 11.3 Å². The first-order valence-electron chi connectivity index (χ1n) is 11.4. The summed E-state index contributed by atoms with van der Waals surface area (Å²) in [6, 6.07) is 33.4. The van der Waals surface area contributed by atoms with E-state index >= 15 is 0 Å². The number of nitrogens with zero attached hydrogens (tertiary/aromatic N) is 2. The minimum atomic E-state index is -0.281. The summed E-state index contributed by atoms with van der Waals surface area (Å²) in [7, 11) is 0. The van der Waals surface area contributed by atoms with E-state index in [1.165, 1.54) is 0 Å². The van der Waals surface area contributed by atoms with Crippen molar-refractivity contribution in [3.05, 3.63) is 119 Å². The van der Waals surface area contributed by atoms with E-state index in [0.717, 1.165) is 49.0 Å². The molecule has 0 aliphatic carbocycles. The monoisotopic (exact) mass is 521 g/mol. The van der Waals surface area contributed by atoms with Crippen LogP contribution in [0.1, 0.15) is 11.1 Å². The van der Waals surface area contributed by atoms with Crippen LogP contribution in [0.3, 0.4) is 0 Å². The average molecular weight is 522 g/mol. The molecule has 1 heterocycles. The van der Waals surface area contributed by atoms with Gasteiger partial charge in [-0.25, -0.2) is 14.7 Å². The lowest BCUT2D eigenvalue weighted by Crippen LogP contribution is -2.31. The Kier molecular flexibility index (Phi) is 6.34. The van der Waals surface area contributed by atoms with Gasteiger partial charge in [0.15, 0.2) is 0 Å². The number of pyridine rings is 1. The molecule has 35 heavy (non-hydrogen) atoms. The molecule has 0 saturated heterocycles. The molecule has 5 aromatic rings. The van der Waals surface area contributed by atoms with Gasteiger partial charge in [0.25, 0.3) is 0 Å². The molecule has 5 heteroatoms. The molecular weight excluding hydrogens is 498 g/mol. The molecule has 2 amide bonds. The fourth-order valence-corrected chi connectivity index (χ4v) is 4.68. The van der Waals surface area contributed by atoms with Gasteiger partial charge in [-0.05, 0) is 54.0 Å². The van der Waals surface area contributed by atoms with E-state index < -0.39 is 0 Å². The maximum atomic E-state index is 13.8. The molecule has 1 aromatic heterocycles. The van der Waals surface area contributed by atoms with Gasteiger partial charge >= 0.3 is 6.03 Å². The Morgan fingerprint density at radius 2 is 1.31 bits per heavy atom. The van der Waals surface area contributed by atoms with E-state index in [9.17, 15) is 4.79 Å². The molecule has 1 N–H and O–H groups in total. The topological polar surface area (TPSA) is 45.2 Å². The number of nitrogens with one attached hydrogen (secondary N) is 1. The lowest BCUT2D eigenvalue weighted by atomic mass is 10.1. The normalized spacial score (nSPS) is 10.8. The molecule has 0 bridgehead atoms. The zero-order valence-electron chi connectivity index (χ0n) is 19.5. The van der Waals surface area contributed by atoms with Gasteiger partial charge < -0.3 is 5.32 Å². The number of rotatable bonds is 4. The van der Waals surface area contributed by atoms with Crippen molar-refractivity contribution in [1.29, 1.82) is 0 Å². The number of urea groups is 1. The van der Waals surface area contributed by atoms with Crippen molar-refractivity contribution < 1.29 is 4.79 Å². The zero-order valence-corrected chi connectivity index (χ0v) is 21.1. The number of amides is 2. The minimum Gasteiger partial charge on any atom is -0.307 e. The molecule has 0 atom stereocenters. The maximum absolute atomic E-state index is 13.8. The molecule has 4 nitrogen and oxygen atoms in total. The molecule has 4 aromatic carbocycles. The van der Waals surface area contributed by atoms with E-state index in [4.69, 9.17) is 4.98 Å². The maximum Gasteiger partial charge on any atom is 0.332 e. The molecule has 5 rings (SSSR count). The second-order valence-electron chi connectivity index (χ2n) is 8.48. The van der Waals surface area contributed by atoms with Gasteiger partial charge in [0, 0.05) is 22.0 Å². The first kappa shape index (κ1) is 22.8. The van der Waals surface area contributed by atoms with Crippen molar-refractivity contribution in [1.82, 2.24) is 4.98 Å². The van der Waals surface area contributed by atoms with Gasteiger partial charge in [-0.3, -0.25) is 0 Å². The molecule has 0 fully saturated rings. The summed E-state index contributed by atoms with van der Waals surface area (Å²) in [5.74, 6) is 0.566. The lowest BCUT2D eigenvalue weighted by molar-refractivity contribution is 0.259. The summed E-state index contributed by atoms with van der Waals surface area (Å²) in [5.41, 5.74) is 5.45. The highest BCUT2D eigenvalue weighted by Gasteiger charge is 2.24. The summed E-state index contributed by atoms with van der Waals surface area (Å²) in [5, 5.41) is 4.91. The van der Waals surface area contributed by atoms with Crippen LogP contribution >= 0.6 is 15.9 Å². The van der Waals surface area contributed by atoms with Crippen LogP contribution in [0.2, 0.25) is 0 Å². The quantitative estimate of drug-likeness (QED) is 0.257. The number of carbonyl (C=O) groups excluding carboxylic acids is 1. The number of fused-ring (bicyclic) bond motifs is 1. The molecule has 0 aliphatic rings. The standard InChI is InChI=1S/C30H24BrN3O/c1-20-12-16-23(17-13-20)32-30(35)34(24-18-14-21(2)15-19-24)29-26-11-7-6-10-25(26)27(31)28(33-29)22-8-4-3-5-9-22/h3-19H,1-2H3,(H,32,35). The highest BCUT2D eigenvalue weighted by atomic mass is 79.9. The number of aromatic nitrogens is 1. The number of hydrogen-bond acceptors (Lipinski definition) is 2. The fraction of sp³-hybridized carbons (Fsp3) is 0.0667. The molecule has 0 spiro atoms. The molecule has 0 unspecified atom stereocenters. The van der Waals surface area contributed by atoms with Crippen LogP contribution in [-0.2, 0) is 0 Å². The van der Waals surface area contributed by atoms with Crippen molar-refractivity contribution in [2.24, 2.45) is 0 Å². The summed E-state index contributed by atoms with van der Waals surface area (Å²) < 4.78 is 0.894. The third-order valence-corrected chi connectivity index (χ3v) is 6.69. The van der Waals surface area contributed by atoms with E-state index in [2.05, 4.69) is 21.2 Å². The largest absolute Gasteiger partial charge is 0.332 e. The number of anilines is 3. The second kappa shape index (κ2) is 9.72. The Morgan fingerprint density at radius 3 is 1.97 bits per heavy atom. The third-order valence-electron chi connectivity index (χ3n) is 5.89. The number of carbonyl (C=O) groups is 1. The van der Waals surface area contributed by atoms with Crippen LogP contribution in [-0.4, -0.2) is 11.0 Å². The average Bonchev–Trinajstić information content (AvgIpc) is 2.88. The van der Waals surface area contributed by atoms with Gasteiger partial charge in [0.05, 0.1) is 15.9 Å². The predicted octanol–water partition coefficient (Wildman–Crippen LogP) is 8.65. The van der Waals surface area contributed by atoms with E-state index in [1.807, 2.05) is 117 Å². The zero-order chi connectivity index (χ0) is 24.4. The molecule has 0 radical (unpaired) electrons. The van der Waals surface area contributed by atoms with Gasteiger partial charge in [0.2, 0.25) is 0 Å². The summed E-state index contributed by atoms with van der Waals surface area (Å²) in [6.45, 7) is 4.05. The van der Waals surface area contributed by atoms with Crippen LogP contribution in [0, 0.1) is 13.8 Å². The predicted molar refractivity (Wildman–Crippen MR) is 148 cm³/mol. The number of benzene rings is 4. The van der Waals surface area contributed by atoms with Gasteiger partial charge in [0.1, 0.15) is 5.82 Å². The fourth-order valence-electron chi connectivity index (χ4n) is 4.02. The Bertz CT molecular complexity index is 1500. The number of aryl methyl sites for hydroxylation is 2. The van der Waals surface area contributed by atoms with Crippen molar-refractivity contribution >= 4 is 49.9 Å². The van der Waals surface area contributed by atoms with Crippen LogP contribution in [0.4, 0.5) is 22.0 Å². The third kappa shape index (κ3) is 4.68. The molecule has 0 saturated carbocycles. The van der Waals surface area contributed by atoms with E-state index in [0.29, 0.717) is 5.82 Å². The van der Waals surface area contributed by atoms with Crippen LogP contribution in [0.5, 0.6) is 0 Å². The minimum absolute atomic E-state index is 0.281. The number of hydrogen-bond donors (Lipinski definition) is 1. The van der Waals surface area contributed by atoms with Crippen molar-refractivity contribution in [2.75, 3.05) is 10.2 Å². The number of halogens is 1. The van der Waals surface area contributed by atoms with E-state index in [1.54, 1.807) is 4.90 Å². The Morgan fingerprint density at radius 1 is 0.743 bits per heavy atom. The van der Waals surface area contributed by atoms with Gasteiger partial charge in [-0.2, -0.15) is 0 Å². The molecular formula is C30H24BrN3O. The summed E-state index contributed by atoms with van der Waals surface area (Å²) >= 11 is 3.78. The first-order chi connectivity index (χ1) is 17.0. The Balaban J connectivity index is 1.72. The lowest BCUT2D eigenvalue weighted by Gasteiger charge is -2.25. The van der Waals surface area contributed by atoms with Crippen LogP contribution < -0.4 is 10.2 Å². The summed E-state index contributed by atoms with van der Waals surface area (Å²) in [4.78, 5) is 20.5. The summed E-state index contributed by atoms with van der Waals surface area (Å²) in [6.07, 6.45) is 0. The first-order valence-corrected chi connectivity index (χ1v) is 12.2. The SMILES string of the molecule is Cc1ccc(NC(=O)N(c2ccc(C)cc2)c2nc(-c3ccccc3)c(Br)c3ccccc23)cc1. The van der Waals surface area contributed by atoms with Crippen LogP contribution in [0.25, 0.3) is 22.0 Å². The smallest absolute Gasteiger partial charge is 0.307 e. The van der Waals surface area contributed by atoms with Crippen LogP contribution in [0.15, 0.2) is 108 Å². The van der Waals surface area contributed by atoms with Crippen molar-refractivity contribution in [3.63, 3.8) is 0 Å². The molecule has 0 aliphatic heterocycles. The highest BCUT2D eigenvalue weighted by molar-refractivity contribution is 9.10. The van der Waals surface area contributed by atoms with E-state index in [-0.39, 0.29) is 6.03 Å².